The van der Waals surface area contributed by atoms with Gasteiger partial charge in [0.2, 0.25) is 11.8 Å². The van der Waals surface area contributed by atoms with Crippen LogP contribution in [0.1, 0.15) is 82.4 Å². The van der Waals surface area contributed by atoms with Gasteiger partial charge in [-0.3, -0.25) is 29.4 Å². The summed E-state index contributed by atoms with van der Waals surface area (Å²) < 4.78 is 20.8. The lowest BCUT2D eigenvalue weighted by Crippen LogP contribution is -2.46. The molecule has 300 valence electrons. The van der Waals surface area contributed by atoms with Crippen molar-refractivity contribution in [3.05, 3.63) is 116 Å². The van der Waals surface area contributed by atoms with E-state index in [9.17, 15) is 19.2 Å². The van der Waals surface area contributed by atoms with Gasteiger partial charge in [0.15, 0.2) is 0 Å². The minimum absolute atomic E-state index is 0.131. The molecule has 3 amide bonds. The summed E-state index contributed by atoms with van der Waals surface area (Å²) in [5.41, 5.74) is 8.75. The summed E-state index contributed by atoms with van der Waals surface area (Å²) >= 11 is 0. The summed E-state index contributed by atoms with van der Waals surface area (Å²) in [6.07, 6.45) is 2.38. The molecular weight excluding hydrogens is 724 g/mol. The van der Waals surface area contributed by atoms with Gasteiger partial charge in [-0.05, 0) is 111 Å². The van der Waals surface area contributed by atoms with Crippen LogP contribution in [0.4, 0.5) is 15.8 Å². The highest BCUT2D eigenvalue weighted by Gasteiger charge is 2.30. The number of benzene rings is 3. The maximum Gasteiger partial charge on any atom is 0.253 e. The first-order valence-corrected chi connectivity index (χ1v) is 20.2. The van der Waals surface area contributed by atoms with E-state index in [1.165, 1.54) is 6.07 Å². The number of piperidine rings is 1. The van der Waals surface area contributed by atoms with Crippen LogP contribution in [0, 0.1) is 26.6 Å². The summed E-state index contributed by atoms with van der Waals surface area (Å²) in [5, 5.41) is 5.36. The SMILES string of the molecule is CCN(c1cc(-c2ccc(N3CCN(Cc4ccc(C5CCC(=O)NC5=O)c(F)c4)CC3)cc2)cc(C(=O)NCc2c(C)cc(C)[nH]c2=O)c1C)C1CCOCC1. The number of aromatic nitrogens is 1. The second kappa shape index (κ2) is 17.4. The van der Waals surface area contributed by atoms with Gasteiger partial charge in [0, 0.05) is 105 Å². The molecule has 3 aliphatic rings. The highest BCUT2D eigenvalue weighted by atomic mass is 19.1. The molecule has 0 saturated carbocycles. The molecule has 0 bridgehead atoms. The van der Waals surface area contributed by atoms with E-state index in [1.807, 2.05) is 39.0 Å². The van der Waals surface area contributed by atoms with E-state index >= 15 is 4.39 Å². The maximum atomic E-state index is 15.2. The van der Waals surface area contributed by atoms with Crippen LogP contribution in [0.25, 0.3) is 11.1 Å². The number of amides is 3. The first-order chi connectivity index (χ1) is 27.5. The largest absolute Gasteiger partial charge is 0.381 e. The molecule has 1 atom stereocenters. The monoisotopic (exact) mass is 776 g/mol. The molecular formula is C45H53FN6O5. The molecule has 12 heteroatoms. The number of anilines is 2. The quantitative estimate of drug-likeness (QED) is 0.161. The van der Waals surface area contributed by atoms with Crippen LogP contribution in [0.2, 0.25) is 0 Å². The van der Waals surface area contributed by atoms with Gasteiger partial charge in [-0.1, -0.05) is 24.3 Å². The van der Waals surface area contributed by atoms with Crippen LogP contribution in [0.5, 0.6) is 0 Å². The second-order valence-corrected chi connectivity index (χ2v) is 15.6. The van der Waals surface area contributed by atoms with Crippen molar-refractivity contribution in [1.82, 2.24) is 20.5 Å². The molecule has 3 aromatic carbocycles. The van der Waals surface area contributed by atoms with Crippen LogP contribution < -0.4 is 26.0 Å². The van der Waals surface area contributed by atoms with Crippen molar-refractivity contribution in [3.63, 3.8) is 0 Å². The number of ether oxygens (including phenoxy) is 1. The van der Waals surface area contributed by atoms with Crippen molar-refractivity contribution < 1.29 is 23.5 Å². The molecule has 4 aromatic rings. The summed E-state index contributed by atoms with van der Waals surface area (Å²) in [4.78, 5) is 60.4. The Balaban J connectivity index is 1.05. The highest BCUT2D eigenvalue weighted by molar-refractivity contribution is 6.01. The van der Waals surface area contributed by atoms with Gasteiger partial charge in [-0.2, -0.15) is 0 Å². The third-order valence-electron chi connectivity index (χ3n) is 11.8. The van der Waals surface area contributed by atoms with Crippen LogP contribution in [-0.2, 0) is 27.4 Å². The van der Waals surface area contributed by atoms with E-state index < -0.39 is 17.6 Å². The Kier molecular flexibility index (Phi) is 12.2. The average molecular weight is 777 g/mol. The molecule has 4 heterocycles. The number of halogens is 1. The zero-order valence-corrected chi connectivity index (χ0v) is 33.4. The van der Waals surface area contributed by atoms with E-state index in [-0.39, 0.29) is 30.3 Å². The van der Waals surface area contributed by atoms with Gasteiger partial charge in [-0.15, -0.1) is 0 Å². The molecule has 3 saturated heterocycles. The highest BCUT2D eigenvalue weighted by Crippen LogP contribution is 2.35. The van der Waals surface area contributed by atoms with E-state index in [0.29, 0.717) is 48.9 Å². The molecule has 3 fully saturated rings. The molecule has 0 radical (unpaired) electrons. The van der Waals surface area contributed by atoms with Crippen LogP contribution >= 0.6 is 0 Å². The van der Waals surface area contributed by atoms with E-state index in [2.05, 4.69) is 67.6 Å². The smallest absolute Gasteiger partial charge is 0.253 e. The number of H-pyrrole nitrogens is 1. The minimum Gasteiger partial charge on any atom is -0.381 e. The molecule has 1 aromatic heterocycles. The molecule has 0 aliphatic carbocycles. The Morgan fingerprint density at radius 3 is 2.32 bits per heavy atom. The minimum atomic E-state index is -0.642. The fourth-order valence-electron chi connectivity index (χ4n) is 8.62. The number of aryl methyl sites for hydroxylation is 2. The van der Waals surface area contributed by atoms with Crippen LogP contribution in [0.15, 0.2) is 65.5 Å². The number of carbonyl (C=O) groups is 3. The molecule has 11 nitrogen and oxygen atoms in total. The maximum absolute atomic E-state index is 15.2. The lowest BCUT2D eigenvalue weighted by molar-refractivity contribution is -0.134. The number of piperazine rings is 1. The number of hydrogen-bond acceptors (Lipinski definition) is 8. The third kappa shape index (κ3) is 8.97. The average Bonchev–Trinajstić information content (AvgIpc) is 3.19. The summed E-state index contributed by atoms with van der Waals surface area (Å²) in [6, 6.07) is 20.0. The zero-order chi connectivity index (χ0) is 40.2. The summed E-state index contributed by atoms with van der Waals surface area (Å²) in [6.45, 7) is 14.1. The Bertz CT molecular complexity index is 2190. The predicted molar refractivity (Wildman–Crippen MR) is 220 cm³/mol. The summed E-state index contributed by atoms with van der Waals surface area (Å²) in [5.74, 6) is -2.02. The Labute approximate surface area is 333 Å². The second-order valence-electron chi connectivity index (χ2n) is 15.6. The molecule has 3 N–H and O–H groups in total. The lowest BCUT2D eigenvalue weighted by atomic mass is 9.89. The van der Waals surface area contributed by atoms with Crippen LogP contribution in [0.3, 0.4) is 0 Å². The molecule has 7 rings (SSSR count). The molecule has 0 spiro atoms. The number of nitrogens with one attached hydrogen (secondary N) is 3. The number of rotatable bonds is 11. The fraction of sp³-hybridized carbons (Fsp3) is 0.422. The Morgan fingerprint density at radius 2 is 1.65 bits per heavy atom. The van der Waals surface area contributed by atoms with Gasteiger partial charge < -0.3 is 24.8 Å². The molecule has 3 aliphatic heterocycles. The first kappa shape index (κ1) is 39.9. The number of nitrogens with zero attached hydrogens (tertiary/aromatic N) is 3. The predicted octanol–water partition coefficient (Wildman–Crippen LogP) is 5.88. The Hall–Kier alpha value is -5.33. The van der Waals surface area contributed by atoms with Crippen molar-refractivity contribution in [2.45, 2.75) is 78.4 Å². The van der Waals surface area contributed by atoms with Gasteiger partial charge in [0.1, 0.15) is 5.82 Å². The van der Waals surface area contributed by atoms with E-state index in [1.54, 1.807) is 6.07 Å². The first-order valence-electron chi connectivity index (χ1n) is 20.2. The van der Waals surface area contributed by atoms with Gasteiger partial charge in [0.05, 0.1) is 5.92 Å². The third-order valence-corrected chi connectivity index (χ3v) is 11.8. The van der Waals surface area contributed by atoms with Crippen molar-refractivity contribution in [2.24, 2.45) is 0 Å². The van der Waals surface area contributed by atoms with Gasteiger partial charge >= 0.3 is 0 Å². The fourth-order valence-corrected chi connectivity index (χ4v) is 8.62. The molecule has 1 unspecified atom stereocenters. The van der Waals surface area contributed by atoms with Crippen molar-refractivity contribution >= 4 is 29.1 Å². The number of carbonyl (C=O) groups excluding carboxylic acids is 3. The topological polar surface area (TPSA) is 127 Å². The lowest BCUT2D eigenvalue weighted by Gasteiger charge is -2.37. The molecule has 57 heavy (non-hydrogen) atoms. The summed E-state index contributed by atoms with van der Waals surface area (Å²) in [7, 11) is 0. The zero-order valence-electron chi connectivity index (χ0n) is 33.4. The number of pyridine rings is 1. The normalized spacial score (nSPS) is 18.1. The number of aromatic amines is 1. The Morgan fingerprint density at radius 1 is 0.912 bits per heavy atom. The van der Waals surface area contributed by atoms with Gasteiger partial charge in [0.25, 0.3) is 11.5 Å². The number of hydrogen-bond donors (Lipinski definition) is 3. The van der Waals surface area contributed by atoms with Crippen molar-refractivity contribution in [3.8, 4) is 11.1 Å². The van der Waals surface area contributed by atoms with Crippen molar-refractivity contribution in [1.29, 1.82) is 0 Å². The van der Waals surface area contributed by atoms with Gasteiger partial charge in [-0.25, -0.2) is 4.39 Å². The van der Waals surface area contributed by atoms with E-state index in [4.69, 9.17) is 4.74 Å². The van der Waals surface area contributed by atoms with Crippen LogP contribution in [-0.4, -0.2) is 79.6 Å². The standard InChI is InChI=1S/C45H53FN6O5/c1-5-52(35-14-20-57-21-15-35)41-25-33(24-38(30(41)4)43(54)47-26-39-28(2)22-29(3)48-45(39)56)32-7-9-34(10-8-32)51-18-16-50(17-19-51)27-31-6-11-36(40(46)23-31)37-12-13-42(53)49-44(37)55/h6-11,22-25,35,37H,5,12-21,26-27H2,1-4H3,(H,47,54)(H,48,56)(H,49,53,55). The van der Waals surface area contributed by atoms with Crippen molar-refractivity contribution in [2.75, 3.05) is 55.7 Å². The number of imide groups is 1. The van der Waals surface area contributed by atoms with E-state index in [0.717, 1.165) is 90.5 Å².